The summed E-state index contributed by atoms with van der Waals surface area (Å²) in [5.41, 5.74) is 6.82. The number of rotatable bonds is 6. The van der Waals surface area contributed by atoms with Gasteiger partial charge in [0.2, 0.25) is 5.91 Å². The molecule has 0 aromatic heterocycles. The van der Waals surface area contributed by atoms with Crippen molar-refractivity contribution in [2.45, 2.75) is 25.9 Å². The lowest BCUT2D eigenvalue weighted by atomic mass is 10.0. The van der Waals surface area contributed by atoms with Gasteiger partial charge in [-0.15, -0.1) is 0 Å². The van der Waals surface area contributed by atoms with Gasteiger partial charge in [0.25, 0.3) is 0 Å². The Balaban J connectivity index is 1.86. The molecule has 1 fully saturated rings. The van der Waals surface area contributed by atoms with Crippen LogP contribution in [0.2, 0.25) is 0 Å². The predicted octanol–water partition coefficient (Wildman–Crippen LogP) is 0.561. The molecule has 0 atom stereocenters. The first kappa shape index (κ1) is 19.2. The smallest absolute Gasteiger partial charge is 0.248 e. The first-order chi connectivity index (χ1) is 11.9. The molecule has 4 N–H and O–H groups in total. The van der Waals surface area contributed by atoms with Crippen molar-refractivity contribution in [2.75, 3.05) is 39.9 Å². The third-order valence-electron chi connectivity index (χ3n) is 4.45. The van der Waals surface area contributed by atoms with E-state index in [2.05, 4.69) is 34.4 Å². The maximum absolute atomic E-state index is 11.3. The number of amides is 1. The van der Waals surface area contributed by atoms with Crippen LogP contribution >= 0.6 is 0 Å². The number of ether oxygens (including phenoxy) is 1. The number of primary amides is 1. The summed E-state index contributed by atoms with van der Waals surface area (Å²) in [6.45, 7) is 9.23. The fourth-order valence-corrected chi connectivity index (χ4v) is 2.82. The molecule has 0 unspecified atom stereocenters. The fraction of sp³-hybridized carbons (Fsp3) is 0.556. The first-order valence-electron chi connectivity index (χ1n) is 8.58. The summed E-state index contributed by atoms with van der Waals surface area (Å²) in [5, 5.41) is 6.65. The number of benzene rings is 1. The van der Waals surface area contributed by atoms with Crippen LogP contribution in [0.25, 0.3) is 0 Å². The van der Waals surface area contributed by atoms with Gasteiger partial charge >= 0.3 is 0 Å². The zero-order valence-electron chi connectivity index (χ0n) is 15.3. The maximum Gasteiger partial charge on any atom is 0.248 e. The number of morpholine rings is 1. The number of aliphatic imine (C=N–C) groups is 1. The van der Waals surface area contributed by atoms with Gasteiger partial charge in [0, 0.05) is 44.3 Å². The Bertz CT molecular complexity index is 609. The van der Waals surface area contributed by atoms with Crippen LogP contribution in [0.1, 0.15) is 29.8 Å². The minimum atomic E-state index is -0.420. The number of hydrogen-bond donors (Lipinski definition) is 3. The van der Waals surface area contributed by atoms with Gasteiger partial charge in [-0.05, 0) is 31.5 Å². The van der Waals surface area contributed by atoms with E-state index in [-0.39, 0.29) is 5.54 Å². The van der Waals surface area contributed by atoms with Crippen LogP contribution in [0.3, 0.4) is 0 Å². The molecule has 1 aliphatic rings. The minimum absolute atomic E-state index is 0.00723. The van der Waals surface area contributed by atoms with Crippen LogP contribution in [0, 0.1) is 0 Å². The summed E-state index contributed by atoms with van der Waals surface area (Å²) >= 11 is 0. The lowest BCUT2D eigenvalue weighted by Gasteiger charge is -2.41. The highest BCUT2D eigenvalue weighted by atomic mass is 16.5. The van der Waals surface area contributed by atoms with E-state index < -0.39 is 5.91 Å². The van der Waals surface area contributed by atoms with Crippen molar-refractivity contribution in [2.24, 2.45) is 10.7 Å². The molecule has 25 heavy (non-hydrogen) atoms. The van der Waals surface area contributed by atoms with E-state index in [4.69, 9.17) is 10.5 Å². The van der Waals surface area contributed by atoms with Crippen molar-refractivity contribution < 1.29 is 9.53 Å². The average Bonchev–Trinajstić information content (AvgIpc) is 2.63. The number of nitrogens with two attached hydrogens (primary N) is 1. The van der Waals surface area contributed by atoms with Crippen molar-refractivity contribution in [1.29, 1.82) is 0 Å². The van der Waals surface area contributed by atoms with E-state index in [9.17, 15) is 4.79 Å². The van der Waals surface area contributed by atoms with Crippen molar-refractivity contribution in [3.8, 4) is 0 Å². The third kappa shape index (κ3) is 5.72. The van der Waals surface area contributed by atoms with Gasteiger partial charge in [0.1, 0.15) is 0 Å². The van der Waals surface area contributed by atoms with Gasteiger partial charge in [-0.25, -0.2) is 0 Å². The van der Waals surface area contributed by atoms with Crippen LogP contribution in [0.15, 0.2) is 29.3 Å². The molecule has 0 aliphatic carbocycles. The standard InChI is InChI=1S/C18H29N5O2/c1-18(2,23-7-9-25-10-8-23)13-22-17(20-3)21-12-14-5-4-6-15(11-14)16(19)24/h4-6,11H,7-10,12-13H2,1-3H3,(H2,19,24)(H2,20,21,22). The molecule has 138 valence electrons. The molecule has 0 saturated carbocycles. The second-order valence-corrected chi connectivity index (χ2v) is 6.76. The number of carbonyl (C=O) groups is 1. The summed E-state index contributed by atoms with van der Waals surface area (Å²) in [7, 11) is 1.75. The molecule has 0 spiro atoms. The molecule has 0 bridgehead atoms. The highest BCUT2D eigenvalue weighted by Crippen LogP contribution is 2.15. The van der Waals surface area contributed by atoms with Gasteiger partial charge < -0.3 is 21.1 Å². The quantitative estimate of drug-likeness (QED) is 0.517. The molecule has 1 saturated heterocycles. The van der Waals surface area contributed by atoms with Crippen molar-refractivity contribution >= 4 is 11.9 Å². The first-order valence-corrected chi connectivity index (χ1v) is 8.58. The number of nitrogens with zero attached hydrogens (tertiary/aromatic N) is 2. The molecule has 7 nitrogen and oxygen atoms in total. The van der Waals surface area contributed by atoms with E-state index in [0.29, 0.717) is 12.1 Å². The molecule has 2 rings (SSSR count). The zero-order valence-corrected chi connectivity index (χ0v) is 15.3. The van der Waals surface area contributed by atoms with Crippen molar-refractivity contribution in [3.05, 3.63) is 35.4 Å². The van der Waals surface area contributed by atoms with E-state index in [1.807, 2.05) is 12.1 Å². The Morgan fingerprint density at radius 2 is 2.04 bits per heavy atom. The van der Waals surface area contributed by atoms with E-state index in [0.717, 1.165) is 44.4 Å². The monoisotopic (exact) mass is 347 g/mol. The highest BCUT2D eigenvalue weighted by Gasteiger charge is 2.28. The molecular weight excluding hydrogens is 318 g/mol. The molecule has 1 aromatic rings. The van der Waals surface area contributed by atoms with Gasteiger partial charge in [0.05, 0.1) is 13.2 Å². The Kier molecular flexibility index (Phi) is 6.78. The Hall–Kier alpha value is -2.12. The number of guanidine groups is 1. The van der Waals surface area contributed by atoms with Crippen LogP contribution in [-0.4, -0.2) is 62.2 Å². The fourth-order valence-electron chi connectivity index (χ4n) is 2.82. The molecular formula is C18H29N5O2. The topological polar surface area (TPSA) is 92.0 Å². The second-order valence-electron chi connectivity index (χ2n) is 6.76. The van der Waals surface area contributed by atoms with Crippen LogP contribution in [0.4, 0.5) is 0 Å². The van der Waals surface area contributed by atoms with E-state index in [1.165, 1.54) is 0 Å². The molecule has 1 aliphatic heterocycles. The molecule has 1 heterocycles. The normalized spacial score (nSPS) is 16.5. The maximum atomic E-state index is 11.3. The zero-order chi connectivity index (χ0) is 18.3. The largest absolute Gasteiger partial charge is 0.379 e. The van der Waals surface area contributed by atoms with Gasteiger partial charge in [-0.1, -0.05) is 12.1 Å². The third-order valence-corrected chi connectivity index (χ3v) is 4.45. The van der Waals surface area contributed by atoms with Crippen molar-refractivity contribution in [1.82, 2.24) is 15.5 Å². The molecule has 7 heteroatoms. The summed E-state index contributed by atoms with van der Waals surface area (Å²) in [6, 6.07) is 7.28. The number of nitrogens with one attached hydrogen (secondary N) is 2. The Morgan fingerprint density at radius 1 is 1.32 bits per heavy atom. The minimum Gasteiger partial charge on any atom is -0.379 e. The molecule has 1 amide bonds. The molecule has 0 radical (unpaired) electrons. The summed E-state index contributed by atoms with van der Waals surface area (Å²) in [5.74, 6) is 0.308. The van der Waals surface area contributed by atoms with E-state index in [1.54, 1.807) is 19.2 Å². The van der Waals surface area contributed by atoms with Crippen molar-refractivity contribution in [3.63, 3.8) is 0 Å². The number of hydrogen-bond acceptors (Lipinski definition) is 4. The Morgan fingerprint density at radius 3 is 2.68 bits per heavy atom. The lowest BCUT2D eigenvalue weighted by molar-refractivity contribution is -0.00834. The van der Waals surface area contributed by atoms with Crippen LogP contribution in [-0.2, 0) is 11.3 Å². The molecule has 1 aromatic carbocycles. The summed E-state index contributed by atoms with van der Waals surface area (Å²) in [4.78, 5) is 18.0. The predicted molar refractivity (Wildman–Crippen MR) is 99.6 cm³/mol. The Labute approximate surface area is 149 Å². The van der Waals surface area contributed by atoms with Gasteiger partial charge in [-0.3, -0.25) is 14.7 Å². The van der Waals surface area contributed by atoms with E-state index >= 15 is 0 Å². The lowest BCUT2D eigenvalue weighted by Crippen LogP contribution is -2.56. The second kappa shape index (κ2) is 8.82. The van der Waals surface area contributed by atoms with Gasteiger partial charge in [0.15, 0.2) is 5.96 Å². The van der Waals surface area contributed by atoms with Crippen LogP contribution in [0.5, 0.6) is 0 Å². The number of carbonyl (C=O) groups excluding carboxylic acids is 1. The summed E-state index contributed by atoms with van der Waals surface area (Å²) in [6.07, 6.45) is 0. The van der Waals surface area contributed by atoms with Crippen LogP contribution < -0.4 is 16.4 Å². The highest BCUT2D eigenvalue weighted by molar-refractivity contribution is 5.92. The summed E-state index contributed by atoms with van der Waals surface area (Å²) < 4.78 is 5.42. The van der Waals surface area contributed by atoms with Gasteiger partial charge in [-0.2, -0.15) is 0 Å². The SMILES string of the molecule is CN=C(NCc1cccc(C(N)=O)c1)NCC(C)(C)N1CCOCC1. The average molecular weight is 347 g/mol.